The molecule has 1 aromatic rings. The van der Waals surface area contributed by atoms with Gasteiger partial charge in [-0.1, -0.05) is 19.9 Å². The van der Waals surface area contributed by atoms with Gasteiger partial charge >= 0.3 is 0 Å². The van der Waals surface area contributed by atoms with Crippen molar-refractivity contribution < 1.29 is 0 Å². The predicted octanol–water partition coefficient (Wildman–Crippen LogP) is 2.18. The van der Waals surface area contributed by atoms with Crippen LogP contribution in [0.15, 0.2) is 12.1 Å². The fraction of sp³-hybridized carbons (Fsp3) is 0.615. The van der Waals surface area contributed by atoms with Gasteiger partial charge < -0.3 is 10.6 Å². The van der Waals surface area contributed by atoms with Crippen LogP contribution in [0.5, 0.6) is 0 Å². The van der Waals surface area contributed by atoms with Crippen molar-refractivity contribution in [3.8, 4) is 0 Å². The summed E-state index contributed by atoms with van der Waals surface area (Å²) in [5.74, 6) is 1.09. The van der Waals surface area contributed by atoms with E-state index in [9.17, 15) is 0 Å². The molecule has 1 aliphatic rings. The number of aromatic nitrogens is 1. The van der Waals surface area contributed by atoms with E-state index in [1.54, 1.807) is 0 Å². The monoisotopic (exact) mass is 251 g/mol. The van der Waals surface area contributed by atoms with Crippen LogP contribution in [0, 0.1) is 6.92 Å². The highest BCUT2D eigenvalue weighted by Gasteiger charge is 2.24. The Kier molecular flexibility index (Phi) is 3.94. The first kappa shape index (κ1) is 12.7. The molecule has 0 aromatic carbocycles. The lowest BCUT2D eigenvalue weighted by molar-refractivity contribution is 0.712. The molecule has 1 fully saturated rings. The van der Waals surface area contributed by atoms with Gasteiger partial charge in [0.15, 0.2) is 0 Å². The standard InChI is InChI=1S/C13H21N3S/c1-9-4-5-12(6-14)13(15-9)16-7-10(2)17-11(3)8-16/h4-5,10-11H,6-8,14H2,1-3H3. The number of hydrogen-bond donors (Lipinski definition) is 1. The summed E-state index contributed by atoms with van der Waals surface area (Å²) in [7, 11) is 0. The van der Waals surface area contributed by atoms with Crippen LogP contribution in [0.3, 0.4) is 0 Å². The van der Waals surface area contributed by atoms with E-state index in [1.807, 2.05) is 13.0 Å². The molecule has 2 N–H and O–H groups in total. The van der Waals surface area contributed by atoms with Crippen LogP contribution in [0.25, 0.3) is 0 Å². The van der Waals surface area contributed by atoms with Crippen molar-refractivity contribution in [2.24, 2.45) is 5.73 Å². The van der Waals surface area contributed by atoms with Crippen molar-refractivity contribution in [2.45, 2.75) is 37.8 Å². The molecule has 17 heavy (non-hydrogen) atoms. The van der Waals surface area contributed by atoms with E-state index in [-0.39, 0.29) is 0 Å². The van der Waals surface area contributed by atoms with Gasteiger partial charge in [0.2, 0.25) is 0 Å². The van der Waals surface area contributed by atoms with Gasteiger partial charge in [-0.3, -0.25) is 0 Å². The lowest BCUT2D eigenvalue weighted by Gasteiger charge is -2.36. The number of nitrogens with two attached hydrogens (primary N) is 1. The van der Waals surface area contributed by atoms with E-state index >= 15 is 0 Å². The normalized spacial score (nSPS) is 25.1. The molecule has 0 saturated carbocycles. The number of nitrogens with zero attached hydrogens (tertiary/aromatic N) is 2. The van der Waals surface area contributed by atoms with Crippen molar-refractivity contribution in [1.82, 2.24) is 4.98 Å². The first-order valence-corrected chi connectivity index (χ1v) is 7.11. The molecular weight excluding hydrogens is 230 g/mol. The Morgan fingerprint density at radius 1 is 1.35 bits per heavy atom. The molecule has 0 radical (unpaired) electrons. The maximum Gasteiger partial charge on any atom is 0.133 e. The second-order valence-electron chi connectivity index (χ2n) is 4.80. The zero-order valence-corrected chi connectivity index (χ0v) is 11.6. The average molecular weight is 251 g/mol. The minimum atomic E-state index is 0.565. The van der Waals surface area contributed by atoms with E-state index in [4.69, 9.17) is 5.73 Å². The van der Waals surface area contributed by atoms with Gasteiger partial charge in [-0.25, -0.2) is 4.98 Å². The van der Waals surface area contributed by atoms with Crippen molar-refractivity contribution in [1.29, 1.82) is 0 Å². The van der Waals surface area contributed by atoms with Crippen molar-refractivity contribution >= 4 is 17.6 Å². The number of pyridine rings is 1. The van der Waals surface area contributed by atoms with Gasteiger partial charge in [-0.05, 0) is 13.0 Å². The number of hydrogen-bond acceptors (Lipinski definition) is 4. The molecule has 1 saturated heterocycles. The fourth-order valence-electron chi connectivity index (χ4n) is 2.36. The lowest BCUT2D eigenvalue weighted by Crippen LogP contribution is -2.41. The SMILES string of the molecule is Cc1ccc(CN)c(N2CC(C)SC(C)C2)n1. The van der Waals surface area contributed by atoms with Crippen LogP contribution in [0.1, 0.15) is 25.1 Å². The number of rotatable bonds is 2. The maximum atomic E-state index is 5.80. The zero-order valence-electron chi connectivity index (χ0n) is 10.8. The molecule has 2 rings (SSSR count). The van der Waals surface area contributed by atoms with Gasteiger partial charge in [-0.15, -0.1) is 0 Å². The van der Waals surface area contributed by atoms with Crippen molar-refractivity contribution in [3.63, 3.8) is 0 Å². The summed E-state index contributed by atoms with van der Waals surface area (Å²) in [6, 6.07) is 4.14. The van der Waals surface area contributed by atoms with Crippen LogP contribution < -0.4 is 10.6 Å². The van der Waals surface area contributed by atoms with Crippen LogP contribution >= 0.6 is 11.8 Å². The van der Waals surface area contributed by atoms with E-state index in [0.717, 1.165) is 30.2 Å². The third kappa shape index (κ3) is 2.93. The highest BCUT2D eigenvalue weighted by atomic mass is 32.2. The first-order chi connectivity index (χ1) is 8.10. The van der Waals surface area contributed by atoms with Crippen molar-refractivity contribution in [2.75, 3.05) is 18.0 Å². The lowest BCUT2D eigenvalue weighted by atomic mass is 10.2. The fourth-order valence-corrected chi connectivity index (χ4v) is 3.68. The summed E-state index contributed by atoms with van der Waals surface area (Å²) in [6.45, 7) is 9.30. The Balaban J connectivity index is 2.28. The Morgan fingerprint density at radius 3 is 2.59 bits per heavy atom. The maximum absolute atomic E-state index is 5.80. The third-order valence-corrected chi connectivity index (χ3v) is 4.26. The van der Waals surface area contributed by atoms with Gasteiger partial charge in [0.1, 0.15) is 5.82 Å². The van der Waals surface area contributed by atoms with E-state index in [1.165, 1.54) is 0 Å². The molecule has 2 atom stereocenters. The van der Waals surface area contributed by atoms with Gasteiger partial charge in [0, 0.05) is 41.4 Å². The molecule has 94 valence electrons. The van der Waals surface area contributed by atoms with Crippen LogP contribution in [-0.4, -0.2) is 28.6 Å². The Hall–Kier alpha value is -0.740. The summed E-state index contributed by atoms with van der Waals surface area (Å²) >= 11 is 2.06. The average Bonchev–Trinajstić information content (AvgIpc) is 2.27. The summed E-state index contributed by atoms with van der Waals surface area (Å²) in [5, 5.41) is 1.32. The van der Waals surface area contributed by atoms with Gasteiger partial charge in [0.05, 0.1) is 0 Å². The number of thioether (sulfide) groups is 1. The highest BCUT2D eigenvalue weighted by molar-refractivity contribution is 8.00. The molecule has 2 heterocycles. The highest BCUT2D eigenvalue weighted by Crippen LogP contribution is 2.29. The smallest absolute Gasteiger partial charge is 0.133 e. The topological polar surface area (TPSA) is 42.1 Å². The van der Waals surface area contributed by atoms with Gasteiger partial charge in [0.25, 0.3) is 0 Å². The van der Waals surface area contributed by atoms with Gasteiger partial charge in [-0.2, -0.15) is 11.8 Å². The van der Waals surface area contributed by atoms with E-state index < -0.39 is 0 Å². The Bertz CT molecular complexity index is 384. The molecule has 1 aliphatic heterocycles. The molecule has 0 amide bonds. The van der Waals surface area contributed by atoms with Crippen LogP contribution in [0.2, 0.25) is 0 Å². The third-order valence-electron chi connectivity index (χ3n) is 3.03. The molecule has 2 unspecified atom stereocenters. The molecule has 0 spiro atoms. The van der Waals surface area contributed by atoms with Crippen LogP contribution in [0.4, 0.5) is 5.82 Å². The van der Waals surface area contributed by atoms with E-state index in [0.29, 0.717) is 17.0 Å². The number of aryl methyl sites for hydroxylation is 1. The second kappa shape index (κ2) is 5.27. The summed E-state index contributed by atoms with van der Waals surface area (Å²) in [6.07, 6.45) is 0. The van der Waals surface area contributed by atoms with E-state index in [2.05, 4.69) is 41.6 Å². The molecule has 4 heteroatoms. The second-order valence-corrected chi connectivity index (χ2v) is 6.68. The Morgan fingerprint density at radius 2 is 2.00 bits per heavy atom. The first-order valence-electron chi connectivity index (χ1n) is 6.17. The zero-order chi connectivity index (χ0) is 12.4. The molecule has 0 aliphatic carbocycles. The summed E-state index contributed by atoms with van der Waals surface area (Å²) in [4.78, 5) is 7.06. The number of anilines is 1. The molecule has 1 aromatic heterocycles. The largest absolute Gasteiger partial charge is 0.354 e. The minimum absolute atomic E-state index is 0.565. The van der Waals surface area contributed by atoms with Crippen LogP contribution in [-0.2, 0) is 6.54 Å². The minimum Gasteiger partial charge on any atom is -0.354 e. The quantitative estimate of drug-likeness (QED) is 0.875. The molecular formula is C13H21N3S. The Labute approximate surface area is 108 Å². The summed E-state index contributed by atoms with van der Waals surface area (Å²) in [5.41, 5.74) is 8.02. The molecule has 3 nitrogen and oxygen atoms in total. The summed E-state index contributed by atoms with van der Waals surface area (Å²) < 4.78 is 0. The predicted molar refractivity (Wildman–Crippen MR) is 75.6 cm³/mol. The van der Waals surface area contributed by atoms with Crippen molar-refractivity contribution in [3.05, 3.63) is 23.4 Å². The molecule has 0 bridgehead atoms.